The van der Waals surface area contributed by atoms with Crippen molar-refractivity contribution in [3.63, 3.8) is 0 Å². The second-order valence-electron chi connectivity index (χ2n) is 4.91. The monoisotopic (exact) mass is 297 g/mol. The zero-order chi connectivity index (χ0) is 15.5. The summed E-state index contributed by atoms with van der Waals surface area (Å²) < 4.78 is 5.14. The number of nitro groups is 1. The van der Waals surface area contributed by atoms with Crippen LogP contribution < -0.4 is 5.32 Å². The highest BCUT2D eigenvalue weighted by molar-refractivity contribution is 5.93. The van der Waals surface area contributed by atoms with Crippen LogP contribution in [0.15, 0.2) is 12.3 Å². The third kappa shape index (κ3) is 3.19. The van der Waals surface area contributed by atoms with Crippen molar-refractivity contribution < 1.29 is 24.4 Å². The number of rotatable bonds is 5. The summed E-state index contributed by atoms with van der Waals surface area (Å²) in [4.78, 5) is 35.7. The molecule has 0 saturated carbocycles. The number of hydrogen-bond donors (Lipinski definition) is 3. The lowest BCUT2D eigenvalue weighted by Gasteiger charge is -2.33. The van der Waals surface area contributed by atoms with Crippen LogP contribution in [0.5, 0.6) is 0 Å². The van der Waals surface area contributed by atoms with Gasteiger partial charge < -0.3 is 20.1 Å². The van der Waals surface area contributed by atoms with Gasteiger partial charge in [-0.2, -0.15) is 0 Å². The van der Waals surface area contributed by atoms with Gasteiger partial charge in [0.2, 0.25) is 0 Å². The lowest BCUT2D eigenvalue weighted by molar-refractivity contribution is -0.384. The van der Waals surface area contributed by atoms with E-state index in [1.54, 1.807) is 0 Å². The number of carboxylic acids is 1. The number of nitrogens with zero attached hydrogens (tertiary/aromatic N) is 1. The van der Waals surface area contributed by atoms with Crippen molar-refractivity contribution in [3.05, 3.63) is 28.1 Å². The van der Waals surface area contributed by atoms with E-state index in [1.165, 1.54) is 0 Å². The molecule has 3 N–H and O–H groups in total. The lowest BCUT2D eigenvalue weighted by atomic mass is 9.80. The van der Waals surface area contributed by atoms with Gasteiger partial charge in [-0.3, -0.25) is 19.7 Å². The smallest absolute Gasteiger partial charge is 0.311 e. The predicted octanol–water partition coefficient (Wildman–Crippen LogP) is 0.534. The van der Waals surface area contributed by atoms with Gasteiger partial charge in [0.05, 0.1) is 16.5 Å². The van der Waals surface area contributed by atoms with Gasteiger partial charge in [-0.1, -0.05) is 0 Å². The highest BCUT2D eigenvalue weighted by Crippen LogP contribution is 2.30. The number of amides is 1. The van der Waals surface area contributed by atoms with Crippen molar-refractivity contribution in [3.8, 4) is 0 Å². The van der Waals surface area contributed by atoms with Crippen molar-refractivity contribution in [2.75, 3.05) is 19.8 Å². The number of ether oxygens (including phenoxy) is 1. The fraction of sp³-hybridized carbons (Fsp3) is 0.500. The fourth-order valence-electron chi connectivity index (χ4n) is 2.19. The normalized spacial score (nSPS) is 17.1. The third-order valence-corrected chi connectivity index (χ3v) is 3.61. The molecule has 1 aliphatic rings. The van der Waals surface area contributed by atoms with Crippen LogP contribution in [-0.2, 0) is 9.53 Å². The quantitative estimate of drug-likeness (QED) is 0.536. The van der Waals surface area contributed by atoms with E-state index in [1.807, 2.05) is 0 Å². The van der Waals surface area contributed by atoms with E-state index in [0.29, 0.717) is 26.1 Å². The first-order valence-corrected chi connectivity index (χ1v) is 6.37. The molecule has 1 aromatic rings. The zero-order valence-corrected chi connectivity index (χ0v) is 11.1. The number of hydrogen-bond acceptors (Lipinski definition) is 5. The Kier molecular flexibility index (Phi) is 4.22. The topological polar surface area (TPSA) is 135 Å². The van der Waals surface area contributed by atoms with E-state index in [9.17, 15) is 24.8 Å². The van der Waals surface area contributed by atoms with Crippen molar-refractivity contribution in [2.24, 2.45) is 5.41 Å². The average molecular weight is 297 g/mol. The summed E-state index contributed by atoms with van der Waals surface area (Å²) in [5.74, 6) is -1.56. The van der Waals surface area contributed by atoms with Crippen LogP contribution in [-0.4, -0.2) is 46.6 Å². The molecule has 9 heteroatoms. The SMILES string of the molecule is O=C(NCC1(C(=O)O)CCOCC1)c1cc([N+](=O)[O-])c[nH]1. The molecule has 0 unspecified atom stereocenters. The molecule has 9 nitrogen and oxygen atoms in total. The van der Waals surface area contributed by atoms with E-state index in [2.05, 4.69) is 10.3 Å². The number of aromatic amines is 1. The standard InChI is InChI=1S/C12H15N3O6/c16-10(9-5-8(6-13-9)15(19)20)14-7-12(11(17)18)1-3-21-4-2-12/h5-6,13H,1-4,7H2,(H,14,16)(H,17,18). The summed E-state index contributed by atoms with van der Waals surface area (Å²) in [6.07, 6.45) is 1.73. The number of carboxylic acid groups (broad SMARTS) is 1. The second kappa shape index (κ2) is 5.92. The minimum Gasteiger partial charge on any atom is -0.481 e. The minimum atomic E-state index is -1.05. The van der Waals surface area contributed by atoms with E-state index in [4.69, 9.17) is 4.74 Å². The number of nitrogens with one attached hydrogen (secondary N) is 2. The Morgan fingerprint density at radius 3 is 2.67 bits per heavy atom. The lowest BCUT2D eigenvalue weighted by Crippen LogP contribution is -2.46. The summed E-state index contributed by atoms with van der Waals surface area (Å²) in [6, 6.07) is 1.10. The molecule has 1 aliphatic heterocycles. The Labute approximate surface area is 119 Å². The van der Waals surface area contributed by atoms with Gasteiger partial charge in [-0.15, -0.1) is 0 Å². The van der Waals surface area contributed by atoms with Crippen molar-refractivity contribution in [1.82, 2.24) is 10.3 Å². The summed E-state index contributed by atoms with van der Waals surface area (Å²) >= 11 is 0. The Hall–Kier alpha value is -2.42. The molecule has 1 amide bonds. The second-order valence-corrected chi connectivity index (χ2v) is 4.91. The van der Waals surface area contributed by atoms with E-state index in [0.717, 1.165) is 12.3 Å². The first-order valence-electron chi connectivity index (χ1n) is 6.37. The van der Waals surface area contributed by atoms with Gasteiger partial charge in [0, 0.05) is 25.8 Å². The van der Waals surface area contributed by atoms with Gasteiger partial charge in [-0.25, -0.2) is 0 Å². The van der Waals surface area contributed by atoms with Gasteiger partial charge >= 0.3 is 5.97 Å². The molecular weight excluding hydrogens is 282 g/mol. The van der Waals surface area contributed by atoms with E-state index < -0.39 is 22.2 Å². The van der Waals surface area contributed by atoms with E-state index >= 15 is 0 Å². The highest BCUT2D eigenvalue weighted by atomic mass is 16.6. The summed E-state index contributed by atoms with van der Waals surface area (Å²) in [5, 5.41) is 22.4. The molecule has 2 heterocycles. The Morgan fingerprint density at radius 1 is 1.48 bits per heavy atom. The molecule has 0 radical (unpaired) electrons. The fourth-order valence-corrected chi connectivity index (χ4v) is 2.19. The van der Waals surface area contributed by atoms with Crippen LogP contribution in [0, 0.1) is 15.5 Å². The van der Waals surface area contributed by atoms with E-state index in [-0.39, 0.29) is 17.9 Å². The third-order valence-electron chi connectivity index (χ3n) is 3.61. The molecule has 0 spiro atoms. The van der Waals surface area contributed by atoms with Crippen LogP contribution in [0.2, 0.25) is 0 Å². The van der Waals surface area contributed by atoms with Crippen molar-refractivity contribution in [1.29, 1.82) is 0 Å². The first kappa shape index (κ1) is 15.0. The predicted molar refractivity (Wildman–Crippen MR) is 69.9 cm³/mol. The molecule has 1 fully saturated rings. The van der Waals surface area contributed by atoms with Gasteiger partial charge in [0.25, 0.3) is 11.6 Å². The Bertz CT molecular complexity index is 561. The Balaban J connectivity index is 2.01. The molecule has 1 saturated heterocycles. The first-order chi connectivity index (χ1) is 9.94. The maximum absolute atomic E-state index is 11.9. The molecule has 0 aliphatic carbocycles. The number of carbonyl (C=O) groups excluding carboxylic acids is 1. The summed E-state index contributed by atoms with van der Waals surface area (Å²) in [5.41, 5.74) is -1.25. The number of aromatic nitrogens is 1. The van der Waals surface area contributed by atoms with Crippen LogP contribution in [0.25, 0.3) is 0 Å². The molecular formula is C12H15N3O6. The maximum atomic E-state index is 11.9. The molecule has 0 aromatic carbocycles. The largest absolute Gasteiger partial charge is 0.481 e. The maximum Gasteiger partial charge on any atom is 0.311 e. The Morgan fingerprint density at radius 2 is 2.14 bits per heavy atom. The average Bonchev–Trinajstić information content (AvgIpc) is 2.95. The molecule has 1 aromatic heterocycles. The zero-order valence-electron chi connectivity index (χ0n) is 11.1. The van der Waals surface area contributed by atoms with Crippen LogP contribution in [0.4, 0.5) is 5.69 Å². The van der Waals surface area contributed by atoms with Gasteiger partial charge in [0.15, 0.2) is 0 Å². The van der Waals surface area contributed by atoms with Crippen LogP contribution in [0.3, 0.4) is 0 Å². The number of aliphatic carboxylic acids is 1. The van der Waals surface area contributed by atoms with Crippen LogP contribution in [0.1, 0.15) is 23.3 Å². The molecule has 0 bridgehead atoms. The van der Waals surface area contributed by atoms with Gasteiger partial charge in [-0.05, 0) is 12.8 Å². The highest BCUT2D eigenvalue weighted by Gasteiger charge is 2.40. The molecule has 114 valence electrons. The van der Waals surface area contributed by atoms with Crippen LogP contribution >= 0.6 is 0 Å². The van der Waals surface area contributed by atoms with Crippen molar-refractivity contribution >= 4 is 17.6 Å². The summed E-state index contributed by atoms with van der Waals surface area (Å²) in [6.45, 7) is 0.615. The summed E-state index contributed by atoms with van der Waals surface area (Å²) in [7, 11) is 0. The molecule has 2 rings (SSSR count). The van der Waals surface area contributed by atoms with Crippen molar-refractivity contribution in [2.45, 2.75) is 12.8 Å². The molecule has 21 heavy (non-hydrogen) atoms. The minimum absolute atomic E-state index is 0.0225. The molecule has 0 atom stereocenters. The number of carbonyl (C=O) groups is 2. The number of H-pyrrole nitrogens is 1. The van der Waals surface area contributed by atoms with Gasteiger partial charge in [0.1, 0.15) is 5.69 Å².